The average Bonchev–Trinajstić information content (AvgIpc) is 2.56. The topological polar surface area (TPSA) is 88.6 Å². The highest BCUT2D eigenvalue weighted by Crippen LogP contribution is 2.23. The van der Waals surface area contributed by atoms with E-state index in [9.17, 15) is 13.2 Å². The molecule has 1 aromatic heterocycles. The minimum atomic E-state index is -3.60. The number of rotatable bonds is 5. The van der Waals surface area contributed by atoms with Crippen molar-refractivity contribution in [2.75, 3.05) is 13.1 Å². The molecule has 9 heteroatoms. The van der Waals surface area contributed by atoms with Crippen LogP contribution in [-0.4, -0.2) is 42.9 Å². The standard InChI is InChI=1S/C16H16BrN3O4S/c17-13-6-15(8-18-7-13)25(22,23)20-9-14(10-20)19-16(21)24-11-12-4-2-1-3-5-12/h1-8,14H,9-11H2,(H,19,21). The molecular weight excluding hydrogens is 410 g/mol. The molecule has 1 aromatic carbocycles. The molecule has 0 saturated carbocycles. The first-order valence-corrected chi connectivity index (χ1v) is 9.76. The highest BCUT2D eigenvalue weighted by Gasteiger charge is 2.38. The lowest BCUT2D eigenvalue weighted by Gasteiger charge is -2.37. The number of amides is 1. The van der Waals surface area contributed by atoms with E-state index in [0.717, 1.165) is 5.56 Å². The predicted molar refractivity (Wildman–Crippen MR) is 94.2 cm³/mol. The molecule has 25 heavy (non-hydrogen) atoms. The monoisotopic (exact) mass is 425 g/mol. The summed E-state index contributed by atoms with van der Waals surface area (Å²) in [6.45, 7) is 0.579. The summed E-state index contributed by atoms with van der Waals surface area (Å²) in [6.07, 6.45) is 2.26. The van der Waals surface area contributed by atoms with Crippen LogP contribution >= 0.6 is 15.9 Å². The number of benzene rings is 1. The van der Waals surface area contributed by atoms with Crippen molar-refractivity contribution in [3.05, 3.63) is 58.8 Å². The molecule has 0 unspecified atom stereocenters. The summed E-state index contributed by atoms with van der Waals surface area (Å²) in [6, 6.07) is 10.6. The van der Waals surface area contributed by atoms with E-state index in [1.807, 2.05) is 30.3 Å². The smallest absolute Gasteiger partial charge is 0.407 e. The Bertz CT molecular complexity index is 855. The van der Waals surface area contributed by atoms with Crippen molar-refractivity contribution in [1.29, 1.82) is 0 Å². The number of carbonyl (C=O) groups is 1. The van der Waals surface area contributed by atoms with Gasteiger partial charge in [-0.05, 0) is 27.6 Å². The van der Waals surface area contributed by atoms with E-state index in [-0.39, 0.29) is 30.6 Å². The van der Waals surface area contributed by atoms with Gasteiger partial charge >= 0.3 is 6.09 Å². The maximum absolute atomic E-state index is 12.4. The van der Waals surface area contributed by atoms with Crippen molar-refractivity contribution in [2.24, 2.45) is 0 Å². The molecule has 2 aromatic rings. The van der Waals surface area contributed by atoms with E-state index < -0.39 is 16.1 Å². The van der Waals surface area contributed by atoms with E-state index in [4.69, 9.17) is 4.74 Å². The van der Waals surface area contributed by atoms with E-state index in [2.05, 4.69) is 26.2 Å². The highest BCUT2D eigenvalue weighted by molar-refractivity contribution is 9.10. The van der Waals surface area contributed by atoms with Gasteiger partial charge < -0.3 is 10.1 Å². The van der Waals surface area contributed by atoms with Crippen molar-refractivity contribution in [3.8, 4) is 0 Å². The number of halogens is 1. The average molecular weight is 426 g/mol. The Kier molecular flexibility index (Phi) is 5.36. The van der Waals surface area contributed by atoms with Crippen LogP contribution in [0.3, 0.4) is 0 Å². The Morgan fingerprint density at radius 1 is 1.28 bits per heavy atom. The third-order valence-corrected chi connectivity index (χ3v) is 5.93. The van der Waals surface area contributed by atoms with E-state index in [0.29, 0.717) is 4.47 Å². The zero-order chi connectivity index (χ0) is 17.9. The summed E-state index contributed by atoms with van der Waals surface area (Å²) in [5.41, 5.74) is 0.887. The molecule has 1 fully saturated rings. The molecule has 3 rings (SSSR count). The second kappa shape index (κ2) is 7.51. The first-order valence-electron chi connectivity index (χ1n) is 7.53. The second-order valence-electron chi connectivity index (χ2n) is 5.56. The lowest BCUT2D eigenvalue weighted by molar-refractivity contribution is 0.123. The first kappa shape index (κ1) is 17.8. The quantitative estimate of drug-likeness (QED) is 0.792. The highest BCUT2D eigenvalue weighted by atomic mass is 79.9. The molecule has 1 aliphatic heterocycles. The van der Waals surface area contributed by atoms with Gasteiger partial charge in [0, 0.05) is 30.0 Å². The molecule has 1 amide bonds. The number of ether oxygens (including phenoxy) is 1. The van der Waals surface area contributed by atoms with Crippen LogP contribution in [-0.2, 0) is 21.4 Å². The SMILES string of the molecule is O=C(NC1CN(S(=O)(=O)c2cncc(Br)c2)C1)OCc1ccccc1. The molecule has 0 aliphatic carbocycles. The van der Waals surface area contributed by atoms with E-state index >= 15 is 0 Å². The van der Waals surface area contributed by atoms with Gasteiger partial charge in [-0.15, -0.1) is 0 Å². The number of nitrogens with one attached hydrogen (secondary N) is 1. The molecule has 1 N–H and O–H groups in total. The van der Waals surface area contributed by atoms with Gasteiger partial charge in [0.15, 0.2) is 0 Å². The lowest BCUT2D eigenvalue weighted by atomic mass is 10.2. The summed E-state index contributed by atoms with van der Waals surface area (Å²) < 4.78 is 31.9. The van der Waals surface area contributed by atoms with Crippen LogP contribution in [0.15, 0.2) is 58.2 Å². The fourth-order valence-corrected chi connectivity index (χ4v) is 4.38. The molecule has 0 bridgehead atoms. The Labute approximate surface area is 154 Å². The largest absolute Gasteiger partial charge is 0.445 e. The third kappa shape index (κ3) is 4.36. The summed E-state index contributed by atoms with van der Waals surface area (Å²) in [7, 11) is -3.60. The van der Waals surface area contributed by atoms with Gasteiger partial charge in [0.2, 0.25) is 10.0 Å². The Morgan fingerprint density at radius 3 is 2.68 bits per heavy atom. The van der Waals surface area contributed by atoms with E-state index in [1.54, 1.807) is 0 Å². The van der Waals surface area contributed by atoms with Crippen LogP contribution in [0, 0.1) is 0 Å². The van der Waals surface area contributed by atoms with Crippen LogP contribution in [0.4, 0.5) is 4.79 Å². The van der Waals surface area contributed by atoms with Gasteiger partial charge in [0.25, 0.3) is 0 Å². The molecule has 1 saturated heterocycles. The zero-order valence-electron chi connectivity index (χ0n) is 13.1. The molecule has 0 radical (unpaired) electrons. The number of carbonyl (C=O) groups excluding carboxylic acids is 1. The van der Waals surface area contributed by atoms with Crippen molar-refractivity contribution in [3.63, 3.8) is 0 Å². The number of alkyl carbamates (subject to hydrolysis) is 1. The van der Waals surface area contributed by atoms with Gasteiger partial charge in [-0.25, -0.2) is 13.2 Å². The maximum Gasteiger partial charge on any atom is 0.407 e. The van der Waals surface area contributed by atoms with Gasteiger partial charge in [0.05, 0.1) is 6.04 Å². The second-order valence-corrected chi connectivity index (χ2v) is 8.42. The van der Waals surface area contributed by atoms with Gasteiger partial charge in [-0.1, -0.05) is 30.3 Å². The molecular formula is C16H16BrN3O4S. The van der Waals surface area contributed by atoms with E-state index in [1.165, 1.54) is 22.8 Å². The number of nitrogens with zero attached hydrogens (tertiary/aromatic N) is 2. The van der Waals surface area contributed by atoms with Crippen LogP contribution < -0.4 is 5.32 Å². The lowest BCUT2D eigenvalue weighted by Crippen LogP contribution is -2.60. The summed E-state index contributed by atoms with van der Waals surface area (Å²) in [5, 5.41) is 2.66. The van der Waals surface area contributed by atoms with Gasteiger partial charge in [0.1, 0.15) is 11.5 Å². The molecule has 7 nitrogen and oxygen atoms in total. The summed E-state index contributed by atoms with van der Waals surface area (Å²) >= 11 is 3.21. The normalized spacial score (nSPS) is 15.4. The van der Waals surface area contributed by atoms with Crippen molar-refractivity contribution < 1.29 is 17.9 Å². The van der Waals surface area contributed by atoms with Crippen LogP contribution in [0.1, 0.15) is 5.56 Å². The number of hydrogen-bond acceptors (Lipinski definition) is 5. The van der Waals surface area contributed by atoms with Gasteiger partial charge in [-0.3, -0.25) is 4.98 Å². The summed E-state index contributed by atoms with van der Waals surface area (Å²) in [4.78, 5) is 15.8. The first-order chi connectivity index (χ1) is 11.9. The van der Waals surface area contributed by atoms with Crippen molar-refractivity contribution in [2.45, 2.75) is 17.5 Å². The number of sulfonamides is 1. The molecule has 1 aliphatic rings. The zero-order valence-corrected chi connectivity index (χ0v) is 15.5. The molecule has 0 atom stereocenters. The minimum Gasteiger partial charge on any atom is -0.445 e. The van der Waals surface area contributed by atoms with Crippen LogP contribution in [0.5, 0.6) is 0 Å². The van der Waals surface area contributed by atoms with Crippen LogP contribution in [0.25, 0.3) is 0 Å². The predicted octanol–water partition coefficient (Wildman–Crippen LogP) is 2.14. The Morgan fingerprint density at radius 2 is 2.00 bits per heavy atom. The fourth-order valence-electron chi connectivity index (χ4n) is 2.34. The maximum atomic E-state index is 12.4. The van der Waals surface area contributed by atoms with Crippen LogP contribution in [0.2, 0.25) is 0 Å². The minimum absolute atomic E-state index is 0.118. The number of pyridine rings is 1. The van der Waals surface area contributed by atoms with Crippen molar-refractivity contribution in [1.82, 2.24) is 14.6 Å². The summed E-state index contributed by atoms with van der Waals surface area (Å²) in [5.74, 6) is 0. The number of aromatic nitrogens is 1. The third-order valence-electron chi connectivity index (χ3n) is 3.70. The van der Waals surface area contributed by atoms with Gasteiger partial charge in [-0.2, -0.15) is 4.31 Å². The molecule has 2 heterocycles. The number of hydrogen-bond donors (Lipinski definition) is 1. The molecule has 0 spiro atoms. The molecule has 132 valence electrons. The Hall–Kier alpha value is -1.97. The van der Waals surface area contributed by atoms with Crippen molar-refractivity contribution >= 4 is 32.0 Å². The fraction of sp³-hybridized carbons (Fsp3) is 0.250. The Balaban J connectivity index is 1.48.